The van der Waals surface area contributed by atoms with Gasteiger partial charge in [0.05, 0.1) is 6.07 Å². The average molecular weight is 402 g/mol. The highest BCUT2D eigenvalue weighted by atomic mass is 35.5. The number of morpholine rings is 1. The lowest BCUT2D eigenvalue weighted by Crippen LogP contribution is -3.00. The summed E-state index contributed by atoms with van der Waals surface area (Å²) in [4.78, 5) is 7.22. The second-order valence-corrected chi connectivity index (χ2v) is 7.10. The van der Waals surface area contributed by atoms with Crippen molar-refractivity contribution in [1.29, 1.82) is 0 Å². The van der Waals surface area contributed by atoms with Gasteiger partial charge in [-0.1, -0.05) is 13.8 Å². The minimum absolute atomic E-state index is 0. The molecule has 6 heteroatoms. The molecule has 3 aliphatic rings. The third kappa shape index (κ3) is 4.31. The number of hydrogen-bond donors (Lipinski definition) is 0. The lowest BCUT2D eigenvalue weighted by Gasteiger charge is -2.23. The predicted molar refractivity (Wildman–Crippen MR) is 109 cm³/mol. The summed E-state index contributed by atoms with van der Waals surface area (Å²) in [7, 11) is 0. The van der Waals surface area contributed by atoms with E-state index in [0.717, 1.165) is 74.8 Å². The molecule has 0 spiro atoms. The lowest BCUT2D eigenvalue weighted by atomic mass is 10.2. The fourth-order valence-corrected chi connectivity index (χ4v) is 3.73. The minimum Gasteiger partial charge on any atom is -1.00 e. The van der Waals surface area contributed by atoms with Crippen LogP contribution in [0.15, 0.2) is 40.8 Å². The fourth-order valence-electron chi connectivity index (χ4n) is 3.73. The Morgan fingerprint density at radius 1 is 1.00 bits per heavy atom. The number of halogens is 1. The predicted octanol–water partition coefficient (Wildman–Crippen LogP) is 0.365. The van der Waals surface area contributed by atoms with E-state index in [0.29, 0.717) is 0 Å². The Morgan fingerprint density at radius 3 is 2.46 bits per heavy atom. The molecule has 0 N–H and O–H groups in total. The molecule has 1 saturated heterocycles. The van der Waals surface area contributed by atoms with Crippen LogP contribution in [-0.4, -0.2) is 44.4 Å². The smallest absolute Gasteiger partial charge is 0.203 e. The molecule has 150 valence electrons. The summed E-state index contributed by atoms with van der Waals surface area (Å²) in [6.45, 7) is 9.94. The summed E-state index contributed by atoms with van der Waals surface area (Å²) in [5.74, 6) is 0.834. The Balaban J connectivity index is 0.00000225. The van der Waals surface area contributed by atoms with E-state index < -0.39 is 0 Å². The normalized spacial score (nSPS) is 14.3. The van der Waals surface area contributed by atoms with Crippen LogP contribution in [0, 0.1) is 0 Å². The van der Waals surface area contributed by atoms with Gasteiger partial charge >= 0.3 is 0 Å². The van der Waals surface area contributed by atoms with Crippen molar-refractivity contribution >= 4 is 16.8 Å². The van der Waals surface area contributed by atoms with Crippen LogP contribution in [0.1, 0.15) is 26.7 Å². The zero-order valence-electron chi connectivity index (χ0n) is 16.7. The number of rotatable bonds is 5. The molecule has 0 radical (unpaired) electrons. The van der Waals surface area contributed by atoms with Gasteiger partial charge in [0.2, 0.25) is 5.36 Å². The van der Waals surface area contributed by atoms with Gasteiger partial charge in [-0.2, -0.15) is 0 Å². The molecule has 1 fully saturated rings. The van der Waals surface area contributed by atoms with E-state index >= 15 is 0 Å². The molecular formula is C22H28ClN3O2. The van der Waals surface area contributed by atoms with Gasteiger partial charge in [0.25, 0.3) is 0 Å². The van der Waals surface area contributed by atoms with E-state index in [9.17, 15) is 0 Å². The lowest BCUT2D eigenvalue weighted by molar-refractivity contribution is -0.00000685. The van der Waals surface area contributed by atoms with Crippen molar-refractivity contribution in [2.75, 3.05) is 44.3 Å². The Kier molecular flexibility index (Phi) is 6.92. The summed E-state index contributed by atoms with van der Waals surface area (Å²) in [5.41, 5.74) is 3.85. The minimum atomic E-state index is 0. The monoisotopic (exact) mass is 401 g/mol. The van der Waals surface area contributed by atoms with Crippen molar-refractivity contribution in [3.8, 4) is 11.5 Å². The van der Waals surface area contributed by atoms with Crippen LogP contribution in [0.4, 0.5) is 5.69 Å². The third-order valence-corrected chi connectivity index (χ3v) is 5.08. The highest BCUT2D eigenvalue weighted by Gasteiger charge is 2.16. The number of hydrogen-bond acceptors (Lipinski definition) is 4. The quantitative estimate of drug-likeness (QED) is 0.457. The number of nitrogens with zero attached hydrogens (tertiary/aromatic N) is 3. The van der Waals surface area contributed by atoms with Crippen LogP contribution in [0.5, 0.6) is 0 Å². The molecule has 1 aromatic rings. The highest BCUT2D eigenvalue weighted by Crippen LogP contribution is 2.27. The molecule has 0 bridgehead atoms. The van der Waals surface area contributed by atoms with Gasteiger partial charge in [0, 0.05) is 30.9 Å². The Hall–Kier alpha value is -2.11. The SMILES string of the molecule is CCCN(CCC)c1ccc2nc3ccc(=[N+]4CCOCC4)cc-3oc2c1.[Cl-]. The van der Waals surface area contributed by atoms with Crippen LogP contribution in [0.25, 0.3) is 22.6 Å². The molecule has 2 heterocycles. The van der Waals surface area contributed by atoms with Gasteiger partial charge in [-0.25, -0.2) is 9.56 Å². The molecule has 5 nitrogen and oxygen atoms in total. The van der Waals surface area contributed by atoms with Gasteiger partial charge in [0.1, 0.15) is 24.4 Å². The standard InChI is InChI=1S/C22H28N3O2.ClH/c1-3-9-24(10-4-2)17-5-7-19-21(15-17)27-22-16-18(6-8-20(22)23-19)25-11-13-26-14-12-25;/h5-8,15-16H,3-4,9-14H2,1-2H3;1H/q+1;/p-1. The molecule has 0 unspecified atom stereocenters. The number of fused-ring (bicyclic) bond motifs is 2. The van der Waals surface area contributed by atoms with Crippen LogP contribution in [0.3, 0.4) is 0 Å². The van der Waals surface area contributed by atoms with E-state index in [2.05, 4.69) is 59.7 Å². The van der Waals surface area contributed by atoms with Crippen LogP contribution in [-0.2, 0) is 4.74 Å². The number of benzene rings is 2. The van der Waals surface area contributed by atoms with Crippen molar-refractivity contribution in [1.82, 2.24) is 9.56 Å². The van der Waals surface area contributed by atoms with Crippen molar-refractivity contribution in [2.45, 2.75) is 26.7 Å². The zero-order valence-corrected chi connectivity index (χ0v) is 17.4. The molecule has 2 aliphatic heterocycles. The van der Waals surface area contributed by atoms with E-state index in [-0.39, 0.29) is 12.4 Å². The van der Waals surface area contributed by atoms with Gasteiger partial charge in [-0.05, 0) is 31.0 Å². The zero-order chi connectivity index (χ0) is 18.6. The second-order valence-electron chi connectivity index (χ2n) is 7.10. The first-order valence-electron chi connectivity index (χ1n) is 10.0. The maximum absolute atomic E-state index is 6.28. The second kappa shape index (κ2) is 9.39. The Morgan fingerprint density at radius 2 is 1.75 bits per heavy atom. The Bertz CT molecular complexity index is 955. The average Bonchev–Trinajstić information content (AvgIpc) is 2.72. The maximum atomic E-state index is 6.28. The molecule has 28 heavy (non-hydrogen) atoms. The highest BCUT2D eigenvalue weighted by molar-refractivity contribution is 5.80. The van der Waals surface area contributed by atoms with Gasteiger partial charge in [-0.3, -0.25) is 0 Å². The van der Waals surface area contributed by atoms with Gasteiger partial charge in [0.15, 0.2) is 24.4 Å². The fraction of sp³-hybridized carbons (Fsp3) is 0.455. The molecule has 1 aromatic carbocycles. The van der Waals surface area contributed by atoms with Crippen LogP contribution < -0.4 is 27.2 Å². The number of ether oxygens (including phenoxy) is 1. The molecule has 1 aliphatic carbocycles. The van der Waals surface area contributed by atoms with Crippen molar-refractivity contribution in [3.05, 3.63) is 41.8 Å². The number of anilines is 1. The van der Waals surface area contributed by atoms with Gasteiger partial charge in [-0.15, -0.1) is 0 Å². The van der Waals surface area contributed by atoms with Crippen molar-refractivity contribution in [3.63, 3.8) is 0 Å². The van der Waals surface area contributed by atoms with E-state index in [4.69, 9.17) is 14.1 Å². The third-order valence-electron chi connectivity index (χ3n) is 5.08. The van der Waals surface area contributed by atoms with Crippen molar-refractivity contribution in [2.24, 2.45) is 0 Å². The van der Waals surface area contributed by atoms with E-state index in [1.807, 2.05) is 0 Å². The summed E-state index contributed by atoms with van der Waals surface area (Å²) >= 11 is 0. The Labute approximate surface area is 172 Å². The molecular weight excluding hydrogens is 374 g/mol. The van der Waals surface area contributed by atoms with Crippen molar-refractivity contribution < 1.29 is 21.6 Å². The molecule has 0 amide bonds. The first-order chi connectivity index (χ1) is 13.3. The summed E-state index contributed by atoms with van der Waals surface area (Å²) in [5, 5.41) is 1.17. The molecule has 0 saturated carbocycles. The van der Waals surface area contributed by atoms with Crippen LogP contribution >= 0.6 is 0 Å². The van der Waals surface area contributed by atoms with E-state index in [1.165, 1.54) is 11.0 Å². The number of aromatic nitrogens is 1. The first-order valence-corrected chi connectivity index (χ1v) is 10.0. The molecule has 4 rings (SSSR count). The topological polar surface area (TPSA) is 41.5 Å². The summed E-state index contributed by atoms with van der Waals surface area (Å²) in [6, 6.07) is 12.6. The summed E-state index contributed by atoms with van der Waals surface area (Å²) in [6.07, 6.45) is 2.27. The van der Waals surface area contributed by atoms with Gasteiger partial charge < -0.3 is 26.5 Å². The van der Waals surface area contributed by atoms with Crippen LogP contribution in [0.2, 0.25) is 0 Å². The molecule has 0 aromatic heterocycles. The maximum Gasteiger partial charge on any atom is 0.203 e. The summed E-state index contributed by atoms with van der Waals surface area (Å²) < 4.78 is 14.1. The van der Waals surface area contributed by atoms with E-state index in [1.54, 1.807) is 0 Å². The largest absolute Gasteiger partial charge is 1.00 e. The molecule has 0 atom stereocenters. The first kappa shape index (κ1) is 20.6.